The van der Waals surface area contributed by atoms with Crippen molar-refractivity contribution in [3.63, 3.8) is 0 Å². The molecule has 0 spiro atoms. The maximum Gasteiger partial charge on any atom is 0.336 e. The summed E-state index contributed by atoms with van der Waals surface area (Å²) in [6.45, 7) is 0.156. The predicted molar refractivity (Wildman–Crippen MR) is 145 cm³/mol. The van der Waals surface area contributed by atoms with Gasteiger partial charge in [-0.05, 0) is 12.8 Å². The minimum atomic E-state index is -2.74. The Hall–Kier alpha value is -5.01. The minimum Gasteiger partial charge on any atom is -0.481 e. The second kappa shape index (κ2) is 24.2. The van der Waals surface area contributed by atoms with Crippen molar-refractivity contribution in [3.05, 3.63) is 0 Å². The lowest BCUT2D eigenvalue weighted by Crippen LogP contribution is -2.42. The molecule has 0 saturated carbocycles. The first-order valence-electron chi connectivity index (χ1n) is 12.7. The third-order valence-electron chi connectivity index (χ3n) is 5.14. The van der Waals surface area contributed by atoms with Gasteiger partial charge < -0.3 is 76.6 Å². The molecular weight excluding hydrogens is 672 g/mol. The summed E-state index contributed by atoms with van der Waals surface area (Å²) in [6, 6.07) is 0. The van der Waals surface area contributed by atoms with E-state index >= 15 is 0 Å². The molecule has 0 saturated heterocycles. The van der Waals surface area contributed by atoms with E-state index < -0.39 is 109 Å². The molecule has 0 aliphatic rings. The van der Waals surface area contributed by atoms with Crippen LogP contribution in [0.2, 0.25) is 0 Å². The summed E-state index contributed by atoms with van der Waals surface area (Å²) in [5.41, 5.74) is -8.22. The topological polar surface area (TPSA) is 457 Å². The van der Waals surface area contributed by atoms with Gasteiger partial charge in [0.25, 0.3) is 0 Å². The Morgan fingerprint density at radius 3 is 0.688 bits per heavy atom. The van der Waals surface area contributed by atoms with Crippen LogP contribution in [0.1, 0.15) is 51.4 Å². The highest BCUT2D eigenvalue weighted by Crippen LogP contribution is 2.17. The molecule has 0 radical (unpaired) electrons. The van der Waals surface area contributed by atoms with Crippen LogP contribution in [0.5, 0.6) is 0 Å². The van der Waals surface area contributed by atoms with E-state index in [0.717, 1.165) is 0 Å². The van der Waals surface area contributed by atoms with Crippen molar-refractivity contribution in [3.8, 4) is 0 Å². The van der Waals surface area contributed by atoms with Crippen LogP contribution < -0.4 is 0 Å². The monoisotopic (exact) mass is 710 g/mol. The van der Waals surface area contributed by atoms with Crippen molar-refractivity contribution in [2.24, 2.45) is 5.92 Å². The molecule has 15 N–H and O–H groups in total. The molecule has 0 aromatic rings. The quantitative estimate of drug-likeness (QED) is 0.0567. The Morgan fingerprint density at radius 1 is 0.396 bits per heavy atom. The lowest BCUT2D eigenvalue weighted by Gasteiger charge is -2.18. The fraction of sp³-hybridized carbons (Fsp3) is 0.625. The molecule has 0 fully saturated rings. The van der Waals surface area contributed by atoms with E-state index in [1.54, 1.807) is 0 Å². The number of carboxylic acid groups (broad SMARTS) is 9. The zero-order valence-electron chi connectivity index (χ0n) is 24.7. The van der Waals surface area contributed by atoms with Crippen LogP contribution in [-0.4, -0.2) is 167 Å². The maximum absolute atomic E-state index is 10.3. The van der Waals surface area contributed by atoms with Gasteiger partial charge in [0.1, 0.15) is 0 Å². The molecule has 0 aromatic carbocycles. The highest BCUT2D eigenvalue weighted by molar-refractivity contribution is 5.89. The van der Waals surface area contributed by atoms with Crippen molar-refractivity contribution >= 4 is 53.7 Å². The van der Waals surface area contributed by atoms with E-state index in [1.807, 2.05) is 0 Å². The van der Waals surface area contributed by atoms with Gasteiger partial charge in [0.15, 0.2) is 16.8 Å². The van der Waals surface area contributed by atoms with Gasteiger partial charge in [0.05, 0.1) is 38.5 Å². The SMILES string of the molecule is O=C(O)CC(O)(CC(=O)O)C(=O)O.O=C(O)CC(O)(CC(=O)O)C(=O)O.O=C(O)CC(O)(CC(=O)O)C(=O)O.OCCCC(CO)CO. The zero-order valence-corrected chi connectivity index (χ0v) is 24.7. The first kappa shape index (κ1) is 49.9. The molecule has 0 aromatic heterocycles. The standard InChI is InChI=1S/3C6H8O7.C6H14O3/c3*7-3(8)1-6(13,5(11)12)2-4(9)10;7-3-1-2-6(4-8)5-9/h3*13H,1-2H2,(H,7,8)(H,9,10)(H,11,12);6-9H,1-5H2. The third kappa shape index (κ3) is 25.2. The molecule has 24 nitrogen and oxygen atoms in total. The molecule has 0 atom stereocenters. The van der Waals surface area contributed by atoms with Crippen LogP contribution >= 0.6 is 0 Å². The second-order valence-corrected chi connectivity index (χ2v) is 9.53. The van der Waals surface area contributed by atoms with E-state index in [2.05, 4.69) is 0 Å². The average Bonchev–Trinajstić information content (AvgIpc) is 2.87. The molecular formula is C24H38O24. The predicted octanol–water partition coefficient (Wildman–Crippen LogP) is -4.39. The van der Waals surface area contributed by atoms with Gasteiger partial charge >= 0.3 is 53.7 Å². The number of carboxylic acids is 9. The first-order chi connectivity index (χ1) is 21.7. The van der Waals surface area contributed by atoms with Gasteiger partial charge in [-0.1, -0.05) is 0 Å². The Balaban J connectivity index is -0.000000271. The lowest BCUT2D eigenvalue weighted by atomic mass is 9.96. The fourth-order valence-electron chi connectivity index (χ4n) is 2.76. The van der Waals surface area contributed by atoms with E-state index in [9.17, 15) is 43.2 Å². The number of hydrogen-bond donors (Lipinski definition) is 15. The third-order valence-corrected chi connectivity index (χ3v) is 5.14. The molecule has 0 rings (SSSR count). The summed E-state index contributed by atoms with van der Waals surface area (Å²) in [7, 11) is 0. The smallest absolute Gasteiger partial charge is 0.336 e. The Bertz CT molecular complexity index is 936. The van der Waals surface area contributed by atoms with Crippen molar-refractivity contribution in [2.45, 2.75) is 68.2 Å². The van der Waals surface area contributed by atoms with E-state index in [4.69, 9.17) is 76.6 Å². The Labute approximate surface area is 268 Å². The van der Waals surface area contributed by atoms with E-state index in [1.165, 1.54) is 0 Å². The van der Waals surface area contributed by atoms with Crippen LogP contribution in [0.25, 0.3) is 0 Å². The molecule has 0 unspecified atom stereocenters. The fourth-order valence-corrected chi connectivity index (χ4v) is 2.76. The number of carbonyl (C=O) groups is 9. The molecule has 278 valence electrons. The number of rotatable bonds is 20. The van der Waals surface area contributed by atoms with Crippen molar-refractivity contribution in [1.82, 2.24) is 0 Å². The van der Waals surface area contributed by atoms with Gasteiger partial charge in [-0.15, -0.1) is 0 Å². The van der Waals surface area contributed by atoms with Gasteiger partial charge in [-0.2, -0.15) is 0 Å². The molecule has 0 heterocycles. The zero-order chi connectivity index (χ0) is 39.1. The molecule has 48 heavy (non-hydrogen) atoms. The summed E-state index contributed by atoms with van der Waals surface area (Å²) in [5.74, 6) is -15.1. The van der Waals surface area contributed by atoms with Gasteiger partial charge in [-0.3, -0.25) is 28.8 Å². The summed E-state index contributed by atoms with van der Waals surface area (Å²) in [5, 5.41) is 127. The van der Waals surface area contributed by atoms with Crippen molar-refractivity contribution in [2.75, 3.05) is 19.8 Å². The number of hydrogen-bond acceptors (Lipinski definition) is 15. The number of aliphatic carboxylic acids is 9. The van der Waals surface area contributed by atoms with E-state index in [-0.39, 0.29) is 25.7 Å². The summed E-state index contributed by atoms with van der Waals surface area (Å²) >= 11 is 0. The highest BCUT2D eigenvalue weighted by Gasteiger charge is 2.42. The molecule has 0 aliphatic heterocycles. The maximum atomic E-state index is 10.3. The lowest BCUT2D eigenvalue weighted by molar-refractivity contribution is -0.170. The largest absolute Gasteiger partial charge is 0.481 e. The summed E-state index contributed by atoms with van der Waals surface area (Å²) < 4.78 is 0. The summed E-state index contributed by atoms with van der Waals surface area (Å²) in [4.78, 5) is 91.5. The molecule has 0 amide bonds. The van der Waals surface area contributed by atoms with Crippen molar-refractivity contribution in [1.29, 1.82) is 0 Å². The molecule has 0 bridgehead atoms. The molecule has 24 heteroatoms. The van der Waals surface area contributed by atoms with Gasteiger partial charge in [0.2, 0.25) is 0 Å². The van der Waals surface area contributed by atoms with Crippen molar-refractivity contribution < 1.29 is 120 Å². The number of aliphatic hydroxyl groups excluding tert-OH is 3. The highest BCUT2D eigenvalue weighted by atomic mass is 16.4. The van der Waals surface area contributed by atoms with Crippen LogP contribution in [0, 0.1) is 5.92 Å². The first-order valence-corrected chi connectivity index (χ1v) is 12.7. The summed E-state index contributed by atoms with van der Waals surface area (Å²) in [6.07, 6.45) is -5.51. The van der Waals surface area contributed by atoms with Gasteiger partial charge in [-0.25, -0.2) is 14.4 Å². The minimum absolute atomic E-state index is 0.0104. The normalized spacial score (nSPS) is 10.8. The van der Waals surface area contributed by atoms with Crippen LogP contribution in [0.3, 0.4) is 0 Å². The van der Waals surface area contributed by atoms with Crippen LogP contribution in [-0.2, 0) is 43.2 Å². The average molecular weight is 711 g/mol. The Kier molecular flexibility index (Phi) is 25.1. The van der Waals surface area contributed by atoms with Gasteiger partial charge in [0, 0.05) is 25.7 Å². The number of aliphatic hydroxyl groups is 6. The second-order valence-electron chi connectivity index (χ2n) is 9.53. The molecule has 0 aliphatic carbocycles. The Morgan fingerprint density at radius 2 is 0.583 bits per heavy atom. The van der Waals surface area contributed by atoms with Crippen LogP contribution in [0.4, 0.5) is 0 Å². The van der Waals surface area contributed by atoms with Crippen LogP contribution in [0.15, 0.2) is 0 Å². The van der Waals surface area contributed by atoms with E-state index in [0.29, 0.717) is 12.8 Å².